The van der Waals surface area contributed by atoms with E-state index in [0.29, 0.717) is 11.4 Å². The number of aliphatic hydroxyl groups is 1. The number of aromatic nitrogens is 2. The van der Waals surface area contributed by atoms with Crippen molar-refractivity contribution in [3.63, 3.8) is 0 Å². The van der Waals surface area contributed by atoms with Gasteiger partial charge in [-0.25, -0.2) is 14.4 Å². The van der Waals surface area contributed by atoms with Crippen LogP contribution in [0.5, 0.6) is 0 Å². The lowest BCUT2D eigenvalue weighted by atomic mass is 9.42. The van der Waals surface area contributed by atoms with E-state index in [2.05, 4.69) is 36.2 Å². The highest BCUT2D eigenvalue weighted by atomic mass is 16.3. The van der Waals surface area contributed by atoms with Crippen LogP contribution in [-0.2, 0) is 14.4 Å². The molecular weight excluding hydrogens is 656 g/mol. The third-order valence-electron chi connectivity index (χ3n) is 10.5. The monoisotopic (exact) mass is 693 g/mol. The molecule has 266 valence electrons. The average molecular weight is 694 g/mol. The first-order valence-electron chi connectivity index (χ1n) is 16.0. The molecule has 4 heterocycles. The second-order valence-corrected chi connectivity index (χ2v) is 13.1. The molecule has 50 heavy (non-hydrogen) atoms. The number of anilines is 4. The van der Waals surface area contributed by atoms with Crippen molar-refractivity contribution in [2.24, 2.45) is 15.8 Å². The second-order valence-electron chi connectivity index (χ2n) is 13.1. The molecule has 1 saturated carbocycles. The van der Waals surface area contributed by atoms with Crippen LogP contribution in [0.1, 0.15) is 37.8 Å². The summed E-state index contributed by atoms with van der Waals surface area (Å²) >= 11 is 0. The zero-order chi connectivity index (χ0) is 36.3. The van der Waals surface area contributed by atoms with Crippen LogP contribution in [0.4, 0.5) is 32.5 Å². The molecule has 2 aromatic rings. The van der Waals surface area contributed by atoms with Crippen molar-refractivity contribution in [2.45, 2.75) is 52.6 Å². The maximum absolute atomic E-state index is 13.3. The van der Waals surface area contributed by atoms with Gasteiger partial charge in [0.05, 0.1) is 54.1 Å². The van der Waals surface area contributed by atoms with E-state index in [4.69, 9.17) is 5.11 Å². The van der Waals surface area contributed by atoms with Gasteiger partial charge in [-0.15, -0.1) is 0 Å². The van der Waals surface area contributed by atoms with Gasteiger partial charge in [0.25, 0.3) is 5.56 Å². The van der Waals surface area contributed by atoms with Crippen molar-refractivity contribution >= 4 is 58.6 Å². The van der Waals surface area contributed by atoms with Gasteiger partial charge in [0.1, 0.15) is 11.5 Å². The SMILES string of the molecule is Cc1cc2c(cc1C)N(CNC(=O)CCN1C(=O)NC(=O)[C@@]3(C)C1C1N(CCC([O-])=NCCO)C(=O)NC(=O)[C@]13C)c1[nH]c(=O)[nH]c(=O)c1N2. The number of nitrogens with one attached hydrogen (secondary N) is 6. The molecule has 3 fully saturated rings. The van der Waals surface area contributed by atoms with Gasteiger partial charge in [-0.3, -0.25) is 39.8 Å². The Balaban J connectivity index is 1.22. The molecule has 4 aliphatic rings. The normalized spacial score (nSPS) is 25.4. The highest BCUT2D eigenvalue weighted by molar-refractivity contribution is 6.11. The minimum absolute atomic E-state index is 0.0796. The smallest absolute Gasteiger partial charge is 0.327 e. The zero-order valence-corrected chi connectivity index (χ0v) is 27.8. The Morgan fingerprint density at radius 3 is 2.08 bits per heavy atom. The molecule has 1 aliphatic carbocycles. The summed E-state index contributed by atoms with van der Waals surface area (Å²) in [6.07, 6.45) is -0.490. The lowest BCUT2D eigenvalue weighted by Crippen LogP contribution is -2.91. The molecule has 2 unspecified atom stereocenters. The van der Waals surface area contributed by atoms with Crippen LogP contribution in [-0.4, -0.2) is 106 Å². The molecule has 1 aromatic carbocycles. The highest BCUT2D eigenvalue weighted by Crippen LogP contribution is 2.63. The molecule has 19 nitrogen and oxygen atoms in total. The summed E-state index contributed by atoms with van der Waals surface area (Å²) in [5.74, 6) is -2.39. The number of nitrogens with zero attached hydrogens (tertiary/aromatic N) is 4. The molecule has 0 radical (unpaired) electrons. The predicted molar refractivity (Wildman–Crippen MR) is 175 cm³/mol. The number of urea groups is 2. The number of amides is 7. The Morgan fingerprint density at radius 2 is 1.48 bits per heavy atom. The third-order valence-corrected chi connectivity index (χ3v) is 10.5. The number of rotatable bonds is 10. The first kappa shape index (κ1) is 34.2. The molecule has 7 amide bonds. The van der Waals surface area contributed by atoms with Crippen LogP contribution in [0.2, 0.25) is 0 Å². The van der Waals surface area contributed by atoms with Gasteiger partial charge < -0.3 is 40.5 Å². The molecular formula is C31H37N10O9-. The summed E-state index contributed by atoms with van der Waals surface area (Å²) in [6, 6.07) is 0.0457. The van der Waals surface area contributed by atoms with Gasteiger partial charge >= 0.3 is 17.8 Å². The fraction of sp³-hybridized carbons (Fsp3) is 0.484. The van der Waals surface area contributed by atoms with Crippen molar-refractivity contribution in [2.75, 3.05) is 43.1 Å². The van der Waals surface area contributed by atoms with Crippen molar-refractivity contribution in [1.29, 1.82) is 0 Å². The highest BCUT2D eigenvalue weighted by Gasteiger charge is 2.80. The second kappa shape index (κ2) is 12.3. The Bertz CT molecular complexity index is 1970. The molecule has 6 rings (SSSR count). The largest absolute Gasteiger partial charge is 0.862 e. The average Bonchev–Trinajstić information content (AvgIpc) is 3.05. The van der Waals surface area contributed by atoms with Gasteiger partial charge in [0.15, 0.2) is 0 Å². The standard InChI is InChI=1S/C31H38N10O9/c1-14-11-16-17(12-15(14)2)41(23-20(34-16)24(45)36-27(48)35-23)13-33-19(44)6-9-40-22-21-30(3,31(22,4)26(47)38-29(40)50)25(46)37-28(49)39(21)8-5-18(43)32-7-10-42/h11-12,21-22,34,42H,5-10,13H2,1-4H3,(H,32,43)(H,33,44)(H,37,46,49)(H,38,47,50)(H2,35,36,45,48)/p-1/t21?,22?,30-,31+/m0/s1. The zero-order valence-electron chi connectivity index (χ0n) is 27.8. The Labute approximate surface area is 284 Å². The summed E-state index contributed by atoms with van der Waals surface area (Å²) in [6.45, 7) is 5.82. The molecule has 19 heteroatoms. The minimum atomic E-state index is -1.50. The van der Waals surface area contributed by atoms with E-state index in [1.807, 2.05) is 26.0 Å². The first-order valence-corrected chi connectivity index (χ1v) is 16.0. The number of carbonyl (C=O) groups is 5. The Kier molecular flexibility index (Phi) is 8.41. The number of aliphatic hydroxyl groups excluding tert-OH is 1. The van der Waals surface area contributed by atoms with E-state index < -0.39 is 69.8 Å². The number of benzene rings is 1. The van der Waals surface area contributed by atoms with E-state index >= 15 is 0 Å². The van der Waals surface area contributed by atoms with Crippen LogP contribution < -0.4 is 42.5 Å². The van der Waals surface area contributed by atoms with E-state index in [9.17, 15) is 38.7 Å². The number of hydrogen-bond acceptors (Lipinski definition) is 12. The number of aryl methyl sites for hydroxylation is 2. The molecule has 1 aromatic heterocycles. The molecule has 4 atom stereocenters. The van der Waals surface area contributed by atoms with Crippen molar-refractivity contribution in [3.05, 3.63) is 44.1 Å². The third kappa shape index (κ3) is 5.15. The molecule has 3 aliphatic heterocycles. The number of aliphatic imine (C=N–C) groups is 1. The fourth-order valence-electron chi connectivity index (χ4n) is 7.47. The lowest BCUT2D eigenvalue weighted by Gasteiger charge is -2.71. The first-order chi connectivity index (χ1) is 23.6. The summed E-state index contributed by atoms with van der Waals surface area (Å²) in [5, 5.41) is 31.6. The number of fused-ring (bicyclic) bond motifs is 6. The van der Waals surface area contributed by atoms with E-state index in [0.717, 1.165) is 11.1 Å². The summed E-state index contributed by atoms with van der Waals surface area (Å²) < 4.78 is 0. The Morgan fingerprint density at radius 1 is 0.900 bits per heavy atom. The van der Waals surface area contributed by atoms with Crippen molar-refractivity contribution < 1.29 is 34.2 Å². The fourth-order valence-corrected chi connectivity index (χ4v) is 7.47. The van der Waals surface area contributed by atoms with Crippen LogP contribution in [0.25, 0.3) is 0 Å². The predicted octanol–water partition coefficient (Wildman–Crippen LogP) is -1.65. The number of H-pyrrole nitrogens is 2. The van der Waals surface area contributed by atoms with Crippen LogP contribution in [0.15, 0.2) is 26.7 Å². The van der Waals surface area contributed by atoms with E-state index in [1.165, 1.54) is 23.6 Å². The quantitative estimate of drug-likeness (QED) is 0.109. The van der Waals surface area contributed by atoms with Crippen molar-refractivity contribution in [3.8, 4) is 0 Å². The minimum Gasteiger partial charge on any atom is -0.862 e. The number of aromatic amines is 2. The van der Waals surface area contributed by atoms with Gasteiger partial charge in [-0.05, 0) is 63.3 Å². The van der Waals surface area contributed by atoms with Crippen molar-refractivity contribution in [1.82, 2.24) is 35.7 Å². The number of imide groups is 2. The van der Waals surface area contributed by atoms with Crippen LogP contribution >= 0.6 is 0 Å². The molecule has 0 bridgehead atoms. The maximum Gasteiger partial charge on any atom is 0.327 e. The van der Waals surface area contributed by atoms with E-state index in [1.54, 1.807) is 4.90 Å². The van der Waals surface area contributed by atoms with Crippen LogP contribution in [0.3, 0.4) is 0 Å². The van der Waals surface area contributed by atoms with E-state index in [-0.39, 0.29) is 57.3 Å². The molecule has 2 saturated heterocycles. The topological polar surface area (TPSA) is 265 Å². The molecule has 7 N–H and O–H groups in total. The van der Waals surface area contributed by atoms with Gasteiger partial charge in [-0.2, -0.15) is 0 Å². The van der Waals surface area contributed by atoms with Crippen LogP contribution in [0, 0.1) is 24.7 Å². The summed E-state index contributed by atoms with van der Waals surface area (Å²) in [7, 11) is 0. The van der Waals surface area contributed by atoms with Gasteiger partial charge in [0, 0.05) is 19.5 Å². The summed E-state index contributed by atoms with van der Waals surface area (Å²) in [4.78, 5) is 104. The lowest BCUT2D eigenvalue weighted by molar-refractivity contribution is -0.222. The van der Waals surface area contributed by atoms with Gasteiger partial charge in [0.2, 0.25) is 17.7 Å². The number of carbonyl (C=O) groups excluding carboxylic acids is 5. The molecule has 0 spiro atoms. The Hall–Kier alpha value is -5.72. The number of hydrogen-bond donors (Lipinski definition) is 7. The maximum atomic E-state index is 13.3. The summed E-state index contributed by atoms with van der Waals surface area (Å²) in [5.41, 5.74) is -1.28. The van der Waals surface area contributed by atoms with Gasteiger partial charge in [-0.1, -0.05) is 0 Å².